The first-order chi connectivity index (χ1) is 9.34. The number of nitrogens with zero attached hydrogens (tertiary/aromatic N) is 1. The molecule has 0 spiro atoms. The fraction of sp³-hybridized carbons (Fsp3) is 0.571. The minimum Gasteiger partial charge on any atom is -0.327 e. The summed E-state index contributed by atoms with van der Waals surface area (Å²) in [6.45, 7) is 2.77. The van der Waals surface area contributed by atoms with Crippen LogP contribution in [0.15, 0.2) is 21.9 Å². The number of hydrogen-bond acceptors (Lipinski definition) is 3. The third kappa shape index (κ3) is 5.53. The highest BCUT2D eigenvalue weighted by atomic mass is 32.1. The Labute approximate surface area is 118 Å². The monoisotopic (exact) mass is 280 g/mol. The second-order valence-corrected chi connectivity index (χ2v) is 5.82. The van der Waals surface area contributed by atoms with Crippen LogP contribution in [0.3, 0.4) is 0 Å². The zero-order valence-electron chi connectivity index (χ0n) is 11.2. The molecule has 104 valence electrons. The summed E-state index contributed by atoms with van der Waals surface area (Å²) >= 11 is 1.62. The van der Waals surface area contributed by atoms with Crippen LogP contribution in [0.5, 0.6) is 0 Å². The van der Waals surface area contributed by atoms with Crippen LogP contribution in [0.2, 0.25) is 0 Å². The first-order valence-corrected chi connectivity index (χ1v) is 7.96. The molecule has 1 aliphatic rings. The van der Waals surface area contributed by atoms with Crippen molar-refractivity contribution in [2.75, 3.05) is 19.6 Å². The molecule has 0 radical (unpaired) electrons. The van der Waals surface area contributed by atoms with E-state index in [1.165, 1.54) is 37.0 Å². The number of hydrazone groups is 1. The lowest BCUT2D eigenvalue weighted by Gasteiger charge is -2.20. The smallest absolute Gasteiger partial charge is 0.295 e. The van der Waals surface area contributed by atoms with Gasteiger partial charge in [-0.25, -0.2) is 5.43 Å². The topological polar surface area (TPSA) is 45.9 Å². The molecule has 0 aliphatic carbocycles. The van der Waals surface area contributed by atoms with E-state index in [4.69, 9.17) is 0 Å². The summed E-state index contributed by atoms with van der Waals surface area (Å²) in [5.74, 6) is 0.0158. The van der Waals surface area contributed by atoms with Crippen molar-refractivity contribution < 1.29 is 9.69 Å². The van der Waals surface area contributed by atoms with E-state index in [1.807, 2.05) is 16.8 Å². The summed E-state index contributed by atoms with van der Waals surface area (Å²) in [5, 5.41) is 7.98. The zero-order valence-corrected chi connectivity index (χ0v) is 12.0. The number of rotatable bonds is 4. The van der Waals surface area contributed by atoms with Gasteiger partial charge in [0.2, 0.25) is 0 Å². The van der Waals surface area contributed by atoms with Gasteiger partial charge in [-0.05, 0) is 42.5 Å². The quantitative estimate of drug-likeness (QED) is 0.628. The number of thiophene rings is 1. The Bertz CT molecular complexity index is 395. The average Bonchev–Trinajstić information content (AvgIpc) is 2.85. The van der Waals surface area contributed by atoms with Gasteiger partial charge in [-0.3, -0.25) is 4.79 Å². The summed E-state index contributed by atoms with van der Waals surface area (Å²) in [6, 6.07) is 1.98. The molecule has 0 saturated carbocycles. The molecule has 2 N–H and O–H groups in total. The van der Waals surface area contributed by atoms with Gasteiger partial charge in [0.1, 0.15) is 0 Å². The van der Waals surface area contributed by atoms with Crippen LogP contribution in [-0.4, -0.2) is 31.8 Å². The molecule has 2 heterocycles. The Morgan fingerprint density at radius 2 is 2.05 bits per heavy atom. The highest BCUT2D eigenvalue weighted by Gasteiger charge is 2.14. The summed E-state index contributed by atoms with van der Waals surface area (Å²) in [6.07, 6.45) is 8.13. The van der Waals surface area contributed by atoms with E-state index in [-0.39, 0.29) is 5.91 Å². The molecule has 1 aromatic rings. The SMILES string of the molecule is O=C(C[NH+]1CCCCCCC1)N/N=C\c1ccsc1. The standard InChI is InChI=1S/C14H21N3OS/c18-14(16-15-10-13-6-9-19-12-13)11-17-7-4-2-1-3-5-8-17/h6,9-10,12H,1-5,7-8,11H2,(H,16,18)/p+1/b15-10-. The largest absolute Gasteiger partial charge is 0.327 e. The van der Waals surface area contributed by atoms with Crippen molar-refractivity contribution in [2.45, 2.75) is 32.1 Å². The molecular weight excluding hydrogens is 258 g/mol. The molecule has 1 amide bonds. The Kier molecular flexibility index (Phi) is 6.04. The Hall–Kier alpha value is -1.20. The summed E-state index contributed by atoms with van der Waals surface area (Å²) < 4.78 is 0. The van der Waals surface area contributed by atoms with Crippen molar-refractivity contribution in [1.29, 1.82) is 0 Å². The van der Waals surface area contributed by atoms with Gasteiger partial charge < -0.3 is 4.90 Å². The summed E-state index contributed by atoms with van der Waals surface area (Å²) in [7, 11) is 0. The molecule has 1 aromatic heterocycles. The lowest BCUT2D eigenvalue weighted by atomic mass is 10.1. The molecular formula is C14H22N3OS+. The number of carbonyl (C=O) groups is 1. The van der Waals surface area contributed by atoms with E-state index in [0.29, 0.717) is 6.54 Å². The van der Waals surface area contributed by atoms with Gasteiger partial charge >= 0.3 is 0 Å². The molecule has 0 bridgehead atoms. The average molecular weight is 280 g/mol. The minimum absolute atomic E-state index is 0.0158. The van der Waals surface area contributed by atoms with Gasteiger partial charge in [-0.1, -0.05) is 6.42 Å². The molecule has 2 rings (SSSR count). The second kappa shape index (κ2) is 8.07. The number of likely N-dealkylation sites (tertiary alicyclic amines) is 1. The van der Waals surface area contributed by atoms with Gasteiger partial charge in [0.15, 0.2) is 6.54 Å². The van der Waals surface area contributed by atoms with Crippen LogP contribution in [-0.2, 0) is 4.79 Å². The molecule has 0 aromatic carbocycles. The highest BCUT2D eigenvalue weighted by molar-refractivity contribution is 7.08. The van der Waals surface area contributed by atoms with E-state index in [2.05, 4.69) is 10.5 Å². The molecule has 0 atom stereocenters. The van der Waals surface area contributed by atoms with Gasteiger partial charge in [-0.2, -0.15) is 16.4 Å². The zero-order chi connectivity index (χ0) is 13.3. The fourth-order valence-corrected chi connectivity index (χ4v) is 2.99. The van der Waals surface area contributed by atoms with Crippen LogP contribution in [0.4, 0.5) is 0 Å². The predicted molar refractivity (Wildman–Crippen MR) is 78.7 cm³/mol. The van der Waals surface area contributed by atoms with Crippen LogP contribution in [0, 0.1) is 0 Å². The molecule has 5 heteroatoms. The van der Waals surface area contributed by atoms with Crippen molar-refractivity contribution in [1.82, 2.24) is 5.43 Å². The first kappa shape index (κ1) is 14.2. The number of carbonyl (C=O) groups excluding carboxylic acids is 1. The molecule has 1 fully saturated rings. The lowest BCUT2D eigenvalue weighted by Crippen LogP contribution is -3.13. The van der Waals surface area contributed by atoms with Crippen molar-refractivity contribution >= 4 is 23.5 Å². The number of hydrogen-bond donors (Lipinski definition) is 2. The summed E-state index contributed by atoms with van der Waals surface area (Å²) in [4.78, 5) is 13.2. The van der Waals surface area contributed by atoms with E-state index in [9.17, 15) is 4.79 Å². The Balaban J connectivity index is 1.70. The summed E-state index contributed by atoms with van der Waals surface area (Å²) in [5.41, 5.74) is 3.65. The lowest BCUT2D eigenvalue weighted by molar-refractivity contribution is -0.893. The molecule has 1 aliphatic heterocycles. The van der Waals surface area contributed by atoms with Gasteiger partial charge in [0.05, 0.1) is 19.3 Å². The molecule has 4 nitrogen and oxygen atoms in total. The third-order valence-corrected chi connectivity index (χ3v) is 4.12. The number of amides is 1. The van der Waals surface area contributed by atoms with Crippen LogP contribution < -0.4 is 10.3 Å². The Morgan fingerprint density at radius 3 is 2.74 bits per heavy atom. The highest BCUT2D eigenvalue weighted by Crippen LogP contribution is 2.03. The normalized spacial score (nSPS) is 18.1. The van der Waals surface area contributed by atoms with E-state index >= 15 is 0 Å². The van der Waals surface area contributed by atoms with Crippen LogP contribution in [0.25, 0.3) is 0 Å². The van der Waals surface area contributed by atoms with Gasteiger partial charge in [0.25, 0.3) is 5.91 Å². The van der Waals surface area contributed by atoms with Gasteiger partial charge in [-0.15, -0.1) is 0 Å². The first-order valence-electron chi connectivity index (χ1n) is 7.02. The van der Waals surface area contributed by atoms with Crippen molar-refractivity contribution in [3.8, 4) is 0 Å². The van der Waals surface area contributed by atoms with Crippen LogP contribution in [0.1, 0.15) is 37.7 Å². The van der Waals surface area contributed by atoms with Crippen molar-refractivity contribution in [3.05, 3.63) is 22.4 Å². The Morgan fingerprint density at radius 1 is 1.32 bits per heavy atom. The van der Waals surface area contributed by atoms with Crippen molar-refractivity contribution in [2.24, 2.45) is 5.10 Å². The molecule has 1 saturated heterocycles. The fourth-order valence-electron chi connectivity index (χ4n) is 2.38. The molecule has 19 heavy (non-hydrogen) atoms. The third-order valence-electron chi connectivity index (χ3n) is 3.42. The predicted octanol–water partition coefficient (Wildman–Crippen LogP) is 1.05. The second-order valence-electron chi connectivity index (χ2n) is 5.04. The van der Waals surface area contributed by atoms with Gasteiger partial charge in [0, 0.05) is 5.56 Å². The molecule has 0 unspecified atom stereocenters. The van der Waals surface area contributed by atoms with Crippen LogP contribution >= 0.6 is 11.3 Å². The van der Waals surface area contributed by atoms with Crippen molar-refractivity contribution in [3.63, 3.8) is 0 Å². The van der Waals surface area contributed by atoms with E-state index < -0.39 is 0 Å². The maximum Gasteiger partial charge on any atom is 0.295 e. The maximum atomic E-state index is 11.8. The number of quaternary nitrogens is 1. The maximum absolute atomic E-state index is 11.8. The van der Waals surface area contributed by atoms with E-state index in [0.717, 1.165) is 18.7 Å². The van der Waals surface area contributed by atoms with E-state index in [1.54, 1.807) is 17.6 Å². The minimum atomic E-state index is 0.0158. The number of nitrogens with one attached hydrogen (secondary N) is 2.